The van der Waals surface area contributed by atoms with Crippen LogP contribution >= 0.6 is 0 Å². The number of esters is 1. The Hall–Kier alpha value is -0.610. The molecule has 2 aliphatic heterocycles. The molecule has 0 aromatic rings. The highest BCUT2D eigenvalue weighted by Crippen LogP contribution is 2.13. The van der Waals surface area contributed by atoms with Gasteiger partial charge in [-0.1, -0.05) is 96.8 Å². The molecule has 4 nitrogen and oxygen atoms in total. The van der Waals surface area contributed by atoms with Gasteiger partial charge in [-0.3, -0.25) is 4.79 Å². The Morgan fingerprint density at radius 2 is 1.11 bits per heavy atom. The van der Waals surface area contributed by atoms with E-state index in [0.717, 1.165) is 26.2 Å². The predicted molar refractivity (Wildman–Crippen MR) is 118 cm³/mol. The number of methoxy groups -OCH3 is 1. The van der Waals surface area contributed by atoms with Crippen LogP contribution in [0, 0.1) is 0 Å². The lowest BCUT2D eigenvalue weighted by molar-refractivity contribution is -0.140. The van der Waals surface area contributed by atoms with E-state index in [1.165, 1.54) is 97.0 Å². The number of hydrogen-bond acceptors (Lipinski definition) is 4. The van der Waals surface area contributed by atoms with Gasteiger partial charge in [-0.2, -0.15) is 0 Å². The maximum Gasteiger partial charge on any atom is 0.305 e. The zero-order chi connectivity index (χ0) is 20.7. The summed E-state index contributed by atoms with van der Waals surface area (Å²) >= 11 is 0. The van der Waals surface area contributed by atoms with Crippen LogP contribution in [0.5, 0.6) is 0 Å². The van der Waals surface area contributed by atoms with Crippen molar-refractivity contribution < 1.29 is 19.0 Å². The molecule has 0 aliphatic carbocycles. The first-order valence-electron chi connectivity index (χ1n) is 12.0. The fraction of sp³-hybridized carbons (Fsp3) is 0.958. The molecule has 0 aromatic carbocycles. The first-order chi connectivity index (χ1) is 13.7. The number of hydrogen-bond donors (Lipinski definition) is 0. The zero-order valence-corrected chi connectivity index (χ0v) is 19.1. The van der Waals surface area contributed by atoms with Crippen LogP contribution in [0.4, 0.5) is 0 Å². The van der Waals surface area contributed by atoms with Crippen molar-refractivity contribution in [2.45, 2.75) is 123 Å². The molecule has 0 amide bonds. The van der Waals surface area contributed by atoms with Crippen LogP contribution in [-0.2, 0) is 19.0 Å². The van der Waals surface area contributed by atoms with E-state index < -0.39 is 0 Å². The molecular formula is C24H48O4. The summed E-state index contributed by atoms with van der Waals surface area (Å²) in [6.07, 6.45) is 21.5. The van der Waals surface area contributed by atoms with Gasteiger partial charge in [0.05, 0.1) is 33.0 Å². The lowest BCUT2D eigenvalue weighted by Gasteiger charge is -2.03. The van der Waals surface area contributed by atoms with Crippen LogP contribution in [0.15, 0.2) is 0 Å². The molecule has 1 unspecified atom stereocenters. The number of rotatable bonds is 16. The second-order valence-corrected chi connectivity index (χ2v) is 8.03. The lowest BCUT2D eigenvalue weighted by Crippen LogP contribution is -1.99. The Kier molecular flexibility index (Phi) is 22.2. The minimum Gasteiger partial charge on any atom is -0.469 e. The maximum atomic E-state index is 10.9. The number of unbranched alkanes of at least 4 members (excludes halogenated alkanes) is 14. The quantitative estimate of drug-likeness (QED) is 0.162. The van der Waals surface area contributed by atoms with Gasteiger partial charge >= 0.3 is 5.97 Å². The van der Waals surface area contributed by atoms with Gasteiger partial charge in [-0.05, 0) is 13.3 Å². The minimum absolute atomic E-state index is 0.0651. The van der Waals surface area contributed by atoms with Crippen molar-refractivity contribution in [2.24, 2.45) is 0 Å². The van der Waals surface area contributed by atoms with Crippen LogP contribution in [0.3, 0.4) is 0 Å². The molecule has 4 heteroatoms. The topological polar surface area (TPSA) is 51.4 Å². The van der Waals surface area contributed by atoms with Crippen LogP contribution in [0.25, 0.3) is 0 Å². The average Bonchev–Trinajstić information content (AvgIpc) is 3.60. The summed E-state index contributed by atoms with van der Waals surface area (Å²) in [7, 11) is 1.47. The smallest absolute Gasteiger partial charge is 0.305 e. The second kappa shape index (κ2) is 22.7. The van der Waals surface area contributed by atoms with Crippen LogP contribution in [0.1, 0.15) is 117 Å². The largest absolute Gasteiger partial charge is 0.469 e. The third-order valence-corrected chi connectivity index (χ3v) is 4.92. The van der Waals surface area contributed by atoms with E-state index in [9.17, 15) is 4.79 Å². The number of carbonyl (C=O) groups excluding carboxylic acids is 1. The van der Waals surface area contributed by atoms with E-state index in [0.29, 0.717) is 12.5 Å². The molecule has 2 saturated heterocycles. The molecule has 2 aliphatic rings. The fourth-order valence-corrected chi connectivity index (χ4v) is 2.84. The normalized spacial score (nSPS) is 16.3. The summed E-state index contributed by atoms with van der Waals surface area (Å²) in [5, 5.41) is 0. The van der Waals surface area contributed by atoms with E-state index in [2.05, 4.69) is 23.3 Å². The average molecular weight is 401 g/mol. The lowest BCUT2D eigenvalue weighted by atomic mass is 10.0. The van der Waals surface area contributed by atoms with E-state index in [1.807, 2.05) is 0 Å². The summed E-state index contributed by atoms with van der Waals surface area (Å²) in [5.74, 6) is -0.0651. The van der Waals surface area contributed by atoms with E-state index in [1.54, 1.807) is 0 Å². The molecule has 2 fully saturated rings. The molecule has 168 valence electrons. The highest BCUT2D eigenvalue weighted by atomic mass is 16.6. The van der Waals surface area contributed by atoms with Gasteiger partial charge in [0.2, 0.25) is 0 Å². The fourth-order valence-electron chi connectivity index (χ4n) is 2.84. The van der Waals surface area contributed by atoms with Crippen LogP contribution < -0.4 is 0 Å². The van der Waals surface area contributed by atoms with Gasteiger partial charge in [-0.15, -0.1) is 0 Å². The van der Waals surface area contributed by atoms with Crippen molar-refractivity contribution in [2.75, 3.05) is 26.9 Å². The third kappa shape index (κ3) is 30.1. The molecule has 28 heavy (non-hydrogen) atoms. The van der Waals surface area contributed by atoms with Gasteiger partial charge in [0, 0.05) is 6.42 Å². The number of epoxide rings is 2. The molecule has 0 aromatic heterocycles. The van der Waals surface area contributed by atoms with Gasteiger partial charge in [-0.25, -0.2) is 0 Å². The second-order valence-electron chi connectivity index (χ2n) is 8.03. The molecule has 2 rings (SSSR count). The van der Waals surface area contributed by atoms with Crippen LogP contribution in [0.2, 0.25) is 0 Å². The Morgan fingerprint density at radius 1 is 0.786 bits per heavy atom. The minimum atomic E-state index is -0.0651. The number of ether oxygens (including phenoxy) is 3. The Balaban J connectivity index is 0.000000849. The number of carbonyl (C=O) groups is 1. The van der Waals surface area contributed by atoms with E-state index >= 15 is 0 Å². The molecule has 1 atom stereocenters. The highest BCUT2D eigenvalue weighted by molar-refractivity contribution is 5.68. The van der Waals surface area contributed by atoms with Gasteiger partial charge < -0.3 is 14.2 Å². The van der Waals surface area contributed by atoms with Crippen molar-refractivity contribution in [1.29, 1.82) is 0 Å². The first kappa shape index (κ1) is 27.4. The first-order valence-corrected chi connectivity index (χ1v) is 12.0. The summed E-state index contributed by atoms with van der Waals surface area (Å²) in [4.78, 5) is 10.9. The molecule has 0 saturated carbocycles. The van der Waals surface area contributed by atoms with Gasteiger partial charge in [0.1, 0.15) is 0 Å². The van der Waals surface area contributed by atoms with Crippen molar-refractivity contribution in [3.8, 4) is 0 Å². The summed E-state index contributed by atoms with van der Waals surface area (Å²) in [6, 6.07) is 0. The van der Waals surface area contributed by atoms with Gasteiger partial charge in [0.15, 0.2) is 0 Å². The van der Waals surface area contributed by atoms with Crippen molar-refractivity contribution >= 4 is 5.97 Å². The monoisotopic (exact) mass is 400 g/mol. The summed E-state index contributed by atoms with van der Waals surface area (Å²) < 4.78 is 13.8. The molecule has 0 bridgehead atoms. The third-order valence-electron chi connectivity index (χ3n) is 4.92. The van der Waals surface area contributed by atoms with Crippen LogP contribution in [-0.4, -0.2) is 39.0 Å². The summed E-state index contributed by atoms with van der Waals surface area (Å²) in [6.45, 7) is 7.32. The van der Waals surface area contributed by atoms with Crippen molar-refractivity contribution in [3.05, 3.63) is 0 Å². The molecule has 0 radical (unpaired) electrons. The molecule has 0 spiro atoms. The Labute approximate surface area is 175 Å². The highest BCUT2D eigenvalue weighted by Gasteiger charge is 2.13. The van der Waals surface area contributed by atoms with E-state index in [-0.39, 0.29) is 5.97 Å². The van der Waals surface area contributed by atoms with Gasteiger partial charge in [0.25, 0.3) is 0 Å². The maximum absolute atomic E-state index is 10.9. The summed E-state index contributed by atoms with van der Waals surface area (Å²) in [5.41, 5.74) is 0. The SMILES string of the molecule is C1CO1.CC1CO1.CCCCCCCCCCCCCCCCCC(=O)OC. The zero-order valence-electron chi connectivity index (χ0n) is 19.1. The molecule has 2 heterocycles. The molecule has 0 N–H and O–H groups in total. The van der Waals surface area contributed by atoms with Crippen molar-refractivity contribution in [3.63, 3.8) is 0 Å². The standard InChI is InChI=1S/C19H38O2.C3H6O.C2H4O/c1-3-4-5-6-7-8-9-10-11-12-13-14-15-16-17-18-19(20)21-2;1-3-2-4-3;1-2-3-1/h3-18H2,1-2H3;3H,2H2,1H3;1-2H2. The Morgan fingerprint density at radius 3 is 1.36 bits per heavy atom. The van der Waals surface area contributed by atoms with E-state index in [4.69, 9.17) is 4.74 Å². The predicted octanol–water partition coefficient (Wildman–Crippen LogP) is 6.84. The Bertz CT molecular complexity index is 311. The van der Waals surface area contributed by atoms with Crippen molar-refractivity contribution in [1.82, 2.24) is 0 Å². The molecular weight excluding hydrogens is 352 g/mol.